The van der Waals surface area contributed by atoms with Crippen molar-refractivity contribution in [3.8, 4) is 0 Å². The molecule has 3 nitrogen and oxygen atoms in total. The quantitative estimate of drug-likeness (QED) is 0.891. The number of halogens is 2. The van der Waals surface area contributed by atoms with Crippen LogP contribution in [0.25, 0.3) is 0 Å². The largest absolute Gasteiger partial charge is 0.388 e. The van der Waals surface area contributed by atoms with Crippen molar-refractivity contribution in [3.63, 3.8) is 0 Å². The number of aliphatic hydroxyl groups is 1. The number of hydrogen-bond donors (Lipinski definition) is 1. The summed E-state index contributed by atoms with van der Waals surface area (Å²) in [6, 6.07) is 5.49. The Hall–Kier alpha value is -0.840. The molecule has 0 fully saturated rings. The van der Waals surface area contributed by atoms with E-state index in [1.54, 1.807) is 12.3 Å². The van der Waals surface area contributed by atoms with E-state index in [1.165, 1.54) is 0 Å². The Labute approximate surface area is 126 Å². The van der Waals surface area contributed by atoms with Crippen LogP contribution in [0.5, 0.6) is 0 Å². The first-order valence-electron chi connectivity index (χ1n) is 6.24. The molecule has 2 rings (SSSR count). The van der Waals surface area contributed by atoms with Gasteiger partial charge in [-0.3, -0.25) is 0 Å². The van der Waals surface area contributed by atoms with Gasteiger partial charge in [-0.2, -0.15) is 0 Å². The minimum absolute atomic E-state index is 0.461. The zero-order valence-corrected chi connectivity index (χ0v) is 13.0. The first kappa shape index (κ1) is 14.6. The maximum Gasteiger partial charge on any atom is 0.111 e. The van der Waals surface area contributed by atoms with Crippen LogP contribution in [0, 0.1) is 0 Å². The lowest BCUT2D eigenvalue weighted by Crippen LogP contribution is -2.09. The Morgan fingerprint density at radius 3 is 3.00 bits per heavy atom. The van der Waals surface area contributed by atoms with E-state index in [1.807, 2.05) is 18.3 Å². The summed E-state index contributed by atoms with van der Waals surface area (Å²) in [5.74, 6) is 0.880. The Kier molecular flexibility index (Phi) is 5.02. The number of nitrogens with zero attached hydrogens (tertiary/aromatic N) is 2. The van der Waals surface area contributed by atoms with Crippen molar-refractivity contribution in [1.82, 2.24) is 9.55 Å². The number of aliphatic hydroxyl groups excluding tert-OH is 1. The summed E-state index contributed by atoms with van der Waals surface area (Å²) in [6.45, 7) is 3.03. The fourth-order valence-electron chi connectivity index (χ4n) is 2.03. The van der Waals surface area contributed by atoms with Gasteiger partial charge in [0.05, 0.1) is 6.10 Å². The van der Waals surface area contributed by atoms with Crippen LogP contribution in [-0.2, 0) is 13.0 Å². The molecule has 0 aliphatic carbocycles. The van der Waals surface area contributed by atoms with Crippen LogP contribution in [0.4, 0.5) is 0 Å². The summed E-state index contributed by atoms with van der Waals surface area (Å²) in [7, 11) is 0. The van der Waals surface area contributed by atoms with Crippen molar-refractivity contribution < 1.29 is 5.11 Å². The lowest BCUT2D eigenvalue weighted by atomic mass is 10.1. The van der Waals surface area contributed by atoms with Crippen LogP contribution in [0.2, 0.25) is 5.02 Å². The monoisotopic (exact) mass is 342 g/mol. The molecular formula is C14H16BrClN2O. The first-order valence-corrected chi connectivity index (χ1v) is 7.42. The van der Waals surface area contributed by atoms with Crippen molar-refractivity contribution in [1.29, 1.82) is 0 Å². The average Bonchev–Trinajstić information content (AvgIpc) is 2.80. The zero-order valence-electron chi connectivity index (χ0n) is 10.7. The number of rotatable bonds is 5. The van der Waals surface area contributed by atoms with Crippen LogP contribution in [0.3, 0.4) is 0 Å². The summed E-state index contributed by atoms with van der Waals surface area (Å²) < 4.78 is 2.97. The summed E-state index contributed by atoms with van der Waals surface area (Å²) in [6.07, 6.45) is 4.55. The molecule has 5 heteroatoms. The number of benzene rings is 1. The fourth-order valence-corrected chi connectivity index (χ4v) is 2.65. The standard InChI is InChI=1S/C14H16BrClN2O/c1-2-6-18-7-5-17-14(18)9-13(19)11-8-10(15)3-4-12(11)16/h3-5,7-8,13,19H,2,6,9H2,1H3. The molecule has 0 aliphatic heterocycles. The van der Waals surface area contributed by atoms with E-state index < -0.39 is 6.10 Å². The van der Waals surface area contributed by atoms with E-state index >= 15 is 0 Å². The fraction of sp³-hybridized carbons (Fsp3) is 0.357. The third kappa shape index (κ3) is 3.59. The van der Waals surface area contributed by atoms with E-state index in [9.17, 15) is 5.11 Å². The summed E-state index contributed by atoms with van der Waals surface area (Å²) >= 11 is 9.52. The molecule has 2 aromatic rings. The molecule has 19 heavy (non-hydrogen) atoms. The van der Waals surface area contributed by atoms with Crippen LogP contribution in [0.15, 0.2) is 35.1 Å². The minimum atomic E-state index is -0.650. The lowest BCUT2D eigenvalue weighted by Gasteiger charge is -2.14. The normalized spacial score (nSPS) is 12.6. The predicted molar refractivity (Wildman–Crippen MR) is 80.3 cm³/mol. The Morgan fingerprint density at radius 2 is 2.26 bits per heavy atom. The second-order valence-corrected chi connectivity index (χ2v) is 5.75. The topological polar surface area (TPSA) is 38.0 Å². The van der Waals surface area contributed by atoms with E-state index in [0.717, 1.165) is 28.8 Å². The molecule has 1 aromatic heterocycles. The number of aryl methyl sites for hydroxylation is 1. The molecule has 1 atom stereocenters. The molecule has 1 N–H and O–H groups in total. The Bertz CT molecular complexity index is 556. The van der Waals surface area contributed by atoms with Gasteiger partial charge in [0.15, 0.2) is 0 Å². The van der Waals surface area contributed by atoms with Gasteiger partial charge >= 0.3 is 0 Å². The minimum Gasteiger partial charge on any atom is -0.388 e. The summed E-state index contributed by atoms with van der Waals surface area (Å²) in [4.78, 5) is 4.30. The van der Waals surface area contributed by atoms with Crippen molar-refractivity contribution in [2.45, 2.75) is 32.4 Å². The molecule has 1 unspecified atom stereocenters. The maximum atomic E-state index is 10.3. The van der Waals surface area contributed by atoms with Gasteiger partial charge in [0.25, 0.3) is 0 Å². The Morgan fingerprint density at radius 1 is 1.47 bits per heavy atom. The molecule has 1 heterocycles. The van der Waals surface area contributed by atoms with Gasteiger partial charge in [0.2, 0.25) is 0 Å². The van der Waals surface area contributed by atoms with Gasteiger partial charge in [0, 0.05) is 40.4 Å². The number of imidazole rings is 1. The van der Waals surface area contributed by atoms with Crippen molar-refractivity contribution in [3.05, 3.63) is 51.5 Å². The van der Waals surface area contributed by atoms with E-state index in [4.69, 9.17) is 11.6 Å². The third-order valence-electron chi connectivity index (χ3n) is 2.96. The number of hydrogen-bond acceptors (Lipinski definition) is 2. The molecule has 0 bridgehead atoms. The van der Waals surface area contributed by atoms with E-state index in [-0.39, 0.29) is 0 Å². The molecule has 1 aromatic carbocycles. The summed E-state index contributed by atoms with van der Waals surface area (Å²) in [5.41, 5.74) is 0.724. The second kappa shape index (κ2) is 6.55. The van der Waals surface area contributed by atoms with Crippen molar-refractivity contribution >= 4 is 27.5 Å². The van der Waals surface area contributed by atoms with Gasteiger partial charge in [-0.1, -0.05) is 34.5 Å². The molecule has 0 aliphatic rings. The highest BCUT2D eigenvalue weighted by Crippen LogP contribution is 2.28. The van der Waals surface area contributed by atoms with E-state index in [0.29, 0.717) is 11.4 Å². The first-order chi connectivity index (χ1) is 9.11. The van der Waals surface area contributed by atoms with Gasteiger partial charge in [0.1, 0.15) is 5.82 Å². The van der Waals surface area contributed by atoms with Crippen LogP contribution in [0.1, 0.15) is 30.8 Å². The van der Waals surface area contributed by atoms with Gasteiger partial charge in [-0.15, -0.1) is 0 Å². The third-order valence-corrected chi connectivity index (χ3v) is 3.80. The molecule has 0 saturated carbocycles. The molecule has 0 radical (unpaired) electrons. The van der Waals surface area contributed by atoms with Crippen LogP contribution < -0.4 is 0 Å². The SMILES string of the molecule is CCCn1ccnc1CC(O)c1cc(Br)ccc1Cl. The van der Waals surface area contributed by atoms with Crippen LogP contribution in [-0.4, -0.2) is 14.7 Å². The molecule has 0 amide bonds. The van der Waals surface area contributed by atoms with E-state index in [2.05, 4.69) is 32.4 Å². The predicted octanol–water partition coefficient (Wildman–Crippen LogP) is 3.99. The summed E-state index contributed by atoms with van der Waals surface area (Å²) in [5, 5.41) is 10.9. The smallest absolute Gasteiger partial charge is 0.111 e. The van der Waals surface area contributed by atoms with Gasteiger partial charge in [-0.25, -0.2) is 4.98 Å². The highest BCUT2D eigenvalue weighted by molar-refractivity contribution is 9.10. The zero-order chi connectivity index (χ0) is 13.8. The van der Waals surface area contributed by atoms with Crippen molar-refractivity contribution in [2.75, 3.05) is 0 Å². The molecule has 102 valence electrons. The van der Waals surface area contributed by atoms with Gasteiger partial charge < -0.3 is 9.67 Å². The molecular weight excluding hydrogens is 328 g/mol. The lowest BCUT2D eigenvalue weighted by molar-refractivity contribution is 0.174. The van der Waals surface area contributed by atoms with Crippen LogP contribution >= 0.6 is 27.5 Å². The molecule has 0 saturated heterocycles. The number of aromatic nitrogens is 2. The maximum absolute atomic E-state index is 10.3. The second-order valence-electron chi connectivity index (χ2n) is 4.42. The van der Waals surface area contributed by atoms with Gasteiger partial charge in [-0.05, 0) is 24.6 Å². The average molecular weight is 344 g/mol. The highest BCUT2D eigenvalue weighted by atomic mass is 79.9. The molecule has 0 spiro atoms. The van der Waals surface area contributed by atoms with Crippen molar-refractivity contribution in [2.24, 2.45) is 0 Å². The Balaban J connectivity index is 2.18. The highest BCUT2D eigenvalue weighted by Gasteiger charge is 2.15.